The van der Waals surface area contributed by atoms with Gasteiger partial charge in [0.1, 0.15) is 0 Å². The fourth-order valence-corrected chi connectivity index (χ4v) is 2.95. The molecule has 7 heteroatoms. The number of halogens is 3. The Kier molecular flexibility index (Phi) is 5.77. The summed E-state index contributed by atoms with van der Waals surface area (Å²) in [6.07, 6.45) is 0. The molecule has 0 fully saturated rings. The standard InChI is InChI=1S/C15H12Cl2INO3/c1-21-13-6-8(5-12(18)14(13)22-2)15(20)19-9-3-4-10(16)11(17)7-9/h3-7H,1-2H3,(H,19,20). The van der Waals surface area contributed by atoms with Gasteiger partial charge in [-0.1, -0.05) is 23.2 Å². The van der Waals surface area contributed by atoms with Crippen LogP contribution in [0.5, 0.6) is 11.5 Å². The topological polar surface area (TPSA) is 47.6 Å². The van der Waals surface area contributed by atoms with Gasteiger partial charge in [0.05, 0.1) is 27.8 Å². The molecule has 0 atom stereocenters. The maximum Gasteiger partial charge on any atom is 0.255 e. The van der Waals surface area contributed by atoms with Crippen molar-refractivity contribution < 1.29 is 14.3 Å². The average molecular weight is 452 g/mol. The predicted molar refractivity (Wildman–Crippen MR) is 96.7 cm³/mol. The van der Waals surface area contributed by atoms with Crippen LogP contribution in [-0.4, -0.2) is 20.1 Å². The summed E-state index contributed by atoms with van der Waals surface area (Å²) in [5, 5.41) is 3.57. The van der Waals surface area contributed by atoms with Gasteiger partial charge in [-0.2, -0.15) is 0 Å². The summed E-state index contributed by atoms with van der Waals surface area (Å²) in [6.45, 7) is 0. The number of benzene rings is 2. The molecule has 0 aliphatic rings. The van der Waals surface area contributed by atoms with Crippen molar-refractivity contribution in [1.29, 1.82) is 0 Å². The molecule has 0 radical (unpaired) electrons. The van der Waals surface area contributed by atoms with Gasteiger partial charge >= 0.3 is 0 Å². The molecular weight excluding hydrogens is 440 g/mol. The van der Waals surface area contributed by atoms with E-state index in [1.807, 2.05) is 0 Å². The first-order valence-corrected chi connectivity index (χ1v) is 7.97. The fourth-order valence-electron chi connectivity index (χ4n) is 1.83. The van der Waals surface area contributed by atoms with Crippen molar-refractivity contribution in [2.45, 2.75) is 0 Å². The molecule has 0 bridgehead atoms. The summed E-state index contributed by atoms with van der Waals surface area (Å²) in [5.41, 5.74) is 1.01. The van der Waals surface area contributed by atoms with Crippen LogP contribution in [0, 0.1) is 3.57 Å². The highest BCUT2D eigenvalue weighted by Gasteiger charge is 2.15. The van der Waals surface area contributed by atoms with Crippen molar-refractivity contribution in [2.24, 2.45) is 0 Å². The van der Waals surface area contributed by atoms with Gasteiger partial charge in [-0.05, 0) is 52.9 Å². The second-order valence-corrected chi connectivity index (χ2v) is 6.25. The quantitative estimate of drug-likeness (QED) is 0.674. The van der Waals surface area contributed by atoms with Crippen LogP contribution in [0.2, 0.25) is 10.0 Å². The van der Waals surface area contributed by atoms with E-state index in [2.05, 4.69) is 27.9 Å². The Hall–Kier alpha value is -1.18. The maximum atomic E-state index is 12.3. The van der Waals surface area contributed by atoms with Crippen LogP contribution in [0.15, 0.2) is 30.3 Å². The Balaban J connectivity index is 2.29. The molecular formula is C15H12Cl2INO3. The van der Waals surface area contributed by atoms with Crippen LogP contribution in [0.3, 0.4) is 0 Å². The van der Waals surface area contributed by atoms with Crippen molar-refractivity contribution in [1.82, 2.24) is 0 Å². The second kappa shape index (κ2) is 7.39. The van der Waals surface area contributed by atoms with Gasteiger partial charge in [-0.25, -0.2) is 0 Å². The highest BCUT2D eigenvalue weighted by molar-refractivity contribution is 14.1. The summed E-state index contributed by atoms with van der Waals surface area (Å²) in [6, 6.07) is 8.23. The van der Waals surface area contributed by atoms with Crippen LogP contribution >= 0.6 is 45.8 Å². The number of hydrogen-bond acceptors (Lipinski definition) is 3. The lowest BCUT2D eigenvalue weighted by Gasteiger charge is -2.12. The molecule has 116 valence electrons. The van der Waals surface area contributed by atoms with Gasteiger partial charge in [-0.15, -0.1) is 0 Å². The molecule has 0 spiro atoms. The second-order valence-electron chi connectivity index (χ2n) is 4.28. The SMILES string of the molecule is COc1cc(C(=O)Nc2ccc(Cl)c(Cl)c2)cc(I)c1OC. The van der Waals surface area contributed by atoms with Crippen LogP contribution in [0.4, 0.5) is 5.69 Å². The third kappa shape index (κ3) is 3.77. The van der Waals surface area contributed by atoms with Gasteiger partial charge in [0.2, 0.25) is 0 Å². The summed E-state index contributed by atoms with van der Waals surface area (Å²) in [4.78, 5) is 12.3. The summed E-state index contributed by atoms with van der Waals surface area (Å²) in [7, 11) is 3.07. The van der Waals surface area contributed by atoms with Crippen LogP contribution in [0.1, 0.15) is 10.4 Å². The van der Waals surface area contributed by atoms with Gasteiger partial charge in [0, 0.05) is 11.3 Å². The Morgan fingerprint density at radius 2 is 1.82 bits per heavy atom. The van der Waals surface area contributed by atoms with E-state index in [9.17, 15) is 4.79 Å². The van der Waals surface area contributed by atoms with Crippen LogP contribution in [0.25, 0.3) is 0 Å². The first kappa shape index (κ1) is 17.2. The summed E-state index contributed by atoms with van der Waals surface area (Å²) in [5.74, 6) is 0.806. The Morgan fingerprint density at radius 3 is 2.41 bits per heavy atom. The minimum atomic E-state index is -0.280. The molecule has 1 amide bonds. The van der Waals surface area contributed by atoms with Gasteiger partial charge in [0.25, 0.3) is 5.91 Å². The number of hydrogen-bond donors (Lipinski definition) is 1. The number of carbonyl (C=O) groups is 1. The average Bonchev–Trinajstić information content (AvgIpc) is 2.50. The monoisotopic (exact) mass is 451 g/mol. The Morgan fingerprint density at radius 1 is 1.09 bits per heavy atom. The maximum absolute atomic E-state index is 12.3. The lowest BCUT2D eigenvalue weighted by atomic mass is 10.2. The van der Waals surface area contributed by atoms with E-state index in [4.69, 9.17) is 32.7 Å². The van der Waals surface area contributed by atoms with E-state index < -0.39 is 0 Å². The molecule has 0 unspecified atom stereocenters. The number of anilines is 1. The van der Waals surface area contributed by atoms with E-state index >= 15 is 0 Å². The molecule has 0 saturated heterocycles. The zero-order valence-electron chi connectivity index (χ0n) is 11.7. The van der Waals surface area contributed by atoms with Crippen LogP contribution < -0.4 is 14.8 Å². The van der Waals surface area contributed by atoms with E-state index in [0.717, 1.165) is 3.57 Å². The van der Waals surface area contributed by atoms with Gasteiger partial charge in [-0.3, -0.25) is 4.79 Å². The molecule has 4 nitrogen and oxygen atoms in total. The molecule has 0 heterocycles. The molecule has 2 aromatic carbocycles. The van der Waals surface area contributed by atoms with E-state index in [1.165, 1.54) is 7.11 Å². The largest absolute Gasteiger partial charge is 0.493 e. The third-order valence-corrected chi connectivity index (χ3v) is 4.41. The number of ether oxygens (including phenoxy) is 2. The van der Waals surface area contributed by atoms with Crippen molar-refractivity contribution in [3.05, 3.63) is 49.5 Å². The first-order valence-electron chi connectivity index (χ1n) is 6.14. The lowest BCUT2D eigenvalue weighted by molar-refractivity contribution is 0.102. The number of methoxy groups -OCH3 is 2. The number of carbonyl (C=O) groups excluding carboxylic acids is 1. The molecule has 2 rings (SSSR count). The van der Waals surface area contributed by atoms with Crippen molar-refractivity contribution >= 4 is 57.4 Å². The van der Waals surface area contributed by atoms with Crippen molar-refractivity contribution in [2.75, 3.05) is 19.5 Å². The minimum Gasteiger partial charge on any atom is -0.493 e. The normalized spacial score (nSPS) is 10.2. The summed E-state index contributed by atoms with van der Waals surface area (Å²) >= 11 is 13.9. The fraction of sp³-hybridized carbons (Fsp3) is 0.133. The van der Waals surface area contributed by atoms with Crippen LogP contribution in [-0.2, 0) is 0 Å². The smallest absolute Gasteiger partial charge is 0.255 e. The number of nitrogens with one attached hydrogen (secondary N) is 1. The molecule has 2 aromatic rings. The third-order valence-electron chi connectivity index (χ3n) is 2.87. The summed E-state index contributed by atoms with van der Waals surface area (Å²) < 4.78 is 11.3. The molecule has 22 heavy (non-hydrogen) atoms. The molecule has 0 aliphatic carbocycles. The Labute approximate surface area is 151 Å². The Bertz CT molecular complexity index is 722. The zero-order chi connectivity index (χ0) is 16.3. The molecule has 0 aliphatic heterocycles. The zero-order valence-corrected chi connectivity index (χ0v) is 15.4. The number of rotatable bonds is 4. The first-order chi connectivity index (χ1) is 10.5. The van der Waals surface area contributed by atoms with E-state index in [-0.39, 0.29) is 5.91 Å². The molecule has 0 saturated carbocycles. The van der Waals surface area contributed by atoms with Gasteiger partial charge in [0.15, 0.2) is 11.5 Å². The molecule has 1 N–H and O–H groups in total. The van der Waals surface area contributed by atoms with E-state index in [0.29, 0.717) is 32.8 Å². The lowest BCUT2D eigenvalue weighted by Crippen LogP contribution is -2.12. The van der Waals surface area contributed by atoms with Crippen molar-refractivity contribution in [3.8, 4) is 11.5 Å². The molecule has 0 aromatic heterocycles. The van der Waals surface area contributed by atoms with Crippen molar-refractivity contribution in [3.63, 3.8) is 0 Å². The predicted octanol–water partition coefficient (Wildman–Crippen LogP) is 4.87. The number of amides is 1. The highest BCUT2D eigenvalue weighted by Crippen LogP contribution is 2.34. The van der Waals surface area contributed by atoms with Gasteiger partial charge < -0.3 is 14.8 Å². The highest BCUT2D eigenvalue weighted by atomic mass is 127. The van der Waals surface area contributed by atoms with E-state index in [1.54, 1.807) is 37.4 Å². The minimum absolute atomic E-state index is 0.280.